The normalized spacial score (nSPS) is 21.7. The van der Waals surface area contributed by atoms with Crippen molar-refractivity contribution in [2.45, 2.75) is 31.7 Å². The van der Waals surface area contributed by atoms with Crippen molar-refractivity contribution in [2.75, 3.05) is 20.1 Å². The zero-order valence-electron chi connectivity index (χ0n) is 9.14. The van der Waals surface area contributed by atoms with Crippen LogP contribution in [0.1, 0.15) is 25.7 Å². The van der Waals surface area contributed by atoms with Gasteiger partial charge in [0.25, 0.3) is 0 Å². The zero-order valence-corrected chi connectivity index (χ0v) is 9.14. The van der Waals surface area contributed by atoms with Gasteiger partial charge in [0, 0.05) is 26.6 Å². The average Bonchev–Trinajstić information content (AvgIpc) is 2.44. The number of hydrogen-bond donors (Lipinski definition) is 3. The Hall–Kier alpha value is -1.10. The Kier molecular flexibility index (Phi) is 5.10. The van der Waals surface area contributed by atoms with E-state index in [9.17, 15) is 9.59 Å². The molecule has 5 nitrogen and oxygen atoms in total. The number of nitrogens with one attached hydrogen (secondary N) is 3. The third kappa shape index (κ3) is 4.29. The highest BCUT2D eigenvalue weighted by molar-refractivity contribution is 5.82. The second-order valence-corrected chi connectivity index (χ2v) is 3.72. The highest BCUT2D eigenvalue weighted by Crippen LogP contribution is 2.04. The lowest BCUT2D eigenvalue weighted by molar-refractivity contribution is -0.124. The highest BCUT2D eigenvalue weighted by atomic mass is 16.2. The molecule has 1 aliphatic heterocycles. The van der Waals surface area contributed by atoms with Crippen molar-refractivity contribution >= 4 is 11.8 Å². The van der Waals surface area contributed by atoms with Gasteiger partial charge < -0.3 is 16.0 Å². The van der Waals surface area contributed by atoms with Gasteiger partial charge in [-0.2, -0.15) is 0 Å². The summed E-state index contributed by atoms with van der Waals surface area (Å²) in [7, 11) is 1.61. The smallest absolute Gasteiger partial charge is 0.237 e. The molecule has 1 fully saturated rings. The number of carbonyl (C=O) groups excluding carboxylic acids is 2. The van der Waals surface area contributed by atoms with Gasteiger partial charge in [0.15, 0.2) is 0 Å². The molecule has 86 valence electrons. The first-order valence-corrected chi connectivity index (χ1v) is 5.45. The molecule has 1 rings (SSSR count). The van der Waals surface area contributed by atoms with Gasteiger partial charge in [-0.15, -0.1) is 0 Å². The molecule has 0 aromatic carbocycles. The lowest BCUT2D eigenvalue weighted by Gasteiger charge is -2.14. The Bertz CT molecular complexity index is 231. The van der Waals surface area contributed by atoms with Crippen LogP contribution in [0.3, 0.4) is 0 Å². The van der Waals surface area contributed by atoms with Crippen LogP contribution in [0.15, 0.2) is 0 Å². The minimum atomic E-state index is -0.128. The van der Waals surface area contributed by atoms with E-state index in [0.717, 1.165) is 25.8 Å². The molecule has 0 spiro atoms. The average molecular weight is 213 g/mol. The van der Waals surface area contributed by atoms with Gasteiger partial charge in [-0.25, -0.2) is 0 Å². The van der Waals surface area contributed by atoms with Gasteiger partial charge in [0.1, 0.15) is 0 Å². The molecule has 1 saturated heterocycles. The molecule has 1 heterocycles. The molecular formula is C10H19N3O2. The van der Waals surface area contributed by atoms with Gasteiger partial charge >= 0.3 is 0 Å². The fourth-order valence-corrected chi connectivity index (χ4v) is 1.62. The number of rotatable bonds is 4. The van der Waals surface area contributed by atoms with Crippen molar-refractivity contribution in [1.82, 2.24) is 16.0 Å². The van der Waals surface area contributed by atoms with E-state index in [2.05, 4.69) is 16.0 Å². The standard InChI is InChI=1S/C10H19N3O2/c1-11-9(14)5-7-12-8-4-2-3-6-13-10(8)15/h8,12H,2-7H2,1H3,(H,11,14)(H,13,15). The Morgan fingerprint density at radius 3 is 3.07 bits per heavy atom. The Morgan fingerprint density at radius 1 is 1.53 bits per heavy atom. The van der Waals surface area contributed by atoms with Gasteiger partial charge in [0.05, 0.1) is 6.04 Å². The van der Waals surface area contributed by atoms with Crippen molar-refractivity contribution in [3.63, 3.8) is 0 Å². The van der Waals surface area contributed by atoms with E-state index >= 15 is 0 Å². The van der Waals surface area contributed by atoms with Gasteiger partial charge in [-0.05, 0) is 19.3 Å². The second kappa shape index (κ2) is 6.40. The monoisotopic (exact) mass is 213 g/mol. The van der Waals surface area contributed by atoms with E-state index < -0.39 is 0 Å². The van der Waals surface area contributed by atoms with Gasteiger partial charge in [-0.3, -0.25) is 9.59 Å². The van der Waals surface area contributed by atoms with Crippen LogP contribution < -0.4 is 16.0 Å². The van der Waals surface area contributed by atoms with Gasteiger partial charge in [0.2, 0.25) is 11.8 Å². The van der Waals surface area contributed by atoms with Crippen LogP contribution in [-0.2, 0) is 9.59 Å². The Morgan fingerprint density at radius 2 is 2.33 bits per heavy atom. The first-order chi connectivity index (χ1) is 7.24. The fraction of sp³-hybridized carbons (Fsp3) is 0.800. The molecule has 0 aliphatic carbocycles. The van der Waals surface area contributed by atoms with Crippen molar-refractivity contribution in [2.24, 2.45) is 0 Å². The number of carbonyl (C=O) groups is 2. The summed E-state index contributed by atoms with van der Waals surface area (Å²) in [5.41, 5.74) is 0. The quantitative estimate of drug-likeness (QED) is 0.583. The molecular weight excluding hydrogens is 194 g/mol. The molecule has 0 aromatic heterocycles. The van der Waals surface area contributed by atoms with Crippen LogP contribution in [-0.4, -0.2) is 38.0 Å². The Labute approximate surface area is 90.0 Å². The van der Waals surface area contributed by atoms with Crippen LogP contribution in [0.2, 0.25) is 0 Å². The summed E-state index contributed by atoms with van der Waals surface area (Å²) in [6, 6.07) is -0.128. The van der Waals surface area contributed by atoms with Crippen LogP contribution in [0.25, 0.3) is 0 Å². The minimum Gasteiger partial charge on any atom is -0.359 e. The summed E-state index contributed by atoms with van der Waals surface area (Å²) in [5.74, 6) is 0.0564. The fourth-order valence-electron chi connectivity index (χ4n) is 1.62. The van der Waals surface area contributed by atoms with E-state index in [-0.39, 0.29) is 17.9 Å². The molecule has 1 aliphatic rings. The molecule has 0 saturated carbocycles. The molecule has 15 heavy (non-hydrogen) atoms. The second-order valence-electron chi connectivity index (χ2n) is 3.72. The van der Waals surface area contributed by atoms with Crippen molar-refractivity contribution in [3.8, 4) is 0 Å². The minimum absolute atomic E-state index is 0.00321. The lowest BCUT2D eigenvalue weighted by atomic mass is 10.1. The van der Waals surface area contributed by atoms with Crippen LogP contribution >= 0.6 is 0 Å². The topological polar surface area (TPSA) is 70.2 Å². The van der Waals surface area contributed by atoms with Crippen LogP contribution in [0.4, 0.5) is 0 Å². The first kappa shape index (κ1) is 12.0. The van der Waals surface area contributed by atoms with E-state index in [1.807, 2.05) is 0 Å². The third-order valence-electron chi connectivity index (χ3n) is 2.56. The first-order valence-electron chi connectivity index (χ1n) is 5.45. The lowest BCUT2D eigenvalue weighted by Crippen LogP contribution is -2.43. The molecule has 1 unspecified atom stereocenters. The van der Waals surface area contributed by atoms with Crippen LogP contribution in [0.5, 0.6) is 0 Å². The molecule has 0 radical (unpaired) electrons. The Balaban J connectivity index is 2.23. The predicted molar refractivity (Wildman–Crippen MR) is 57.3 cm³/mol. The van der Waals surface area contributed by atoms with Crippen molar-refractivity contribution < 1.29 is 9.59 Å². The maximum atomic E-state index is 11.5. The summed E-state index contributed by atoms with van der Waals surface area (Å²) >= 11 is 0. The zero-order chi connectivity index (χ0) is 11.1. The van der Waals surface area contributed by atoms with E-state index in [1.54, 1.807) is 7.05 Å². The summed E-state index contributed by atoms with van der Waals surface area (Å²) in [6.45, 7) is 1.32. The number of amides is 2. The SMILES string of the molecule is CNC(=O)CCNC1CCCCNC1=O. The van der Waals surface area contributed by atoms with Gasteiger partial charge in [-0.1, -0.05) is 0 Å². The maximum absolute atomic E-state index is 11.5. The van der Waals surface area contributed by atoms with E-state index in [0.29, 0.717) is 13.0 Å². The van der Waals surface area contributed by atoms with E-state index in [1.165, 1.54) is 0 Å². The predicted octanol–water partition coefficient (Wildman–Crippen LogP) is -0.619. The molecule has 1 atom stereocenters. The summed E-state index contributed by atoms with van der Waals surface area (Å²) in [6.07, 6.45) is 3.37. The summed E-state index contributed by atoms with van der Waals surface area (Å²) in [5, 5.41) is 8.50. The van der Waals surface area contributed by atoms with E-state index in [4.69, 9.17) is 0 Å². The third-order valence-corrected chi connectivity index (χ3v) is 2.56. The molecule has 0 bridgehead atoms. The largest absolute Gasteiger partial charge is 0.359 e. The molecule has 3 N–H and O–H groups in total. The van der Waals surface area contributed by atoms with Crippen molar-refractivity contribution in [3.05, 3.63) is 0 Å². The molecule has 2 amide bonds. The number of hydrogen-bond acceptors (Lipinski definition) is 3. The molecule has 5 heteroatoms. The molecule has 0 aromatic rings. The summed E-state index contributed by atoms with van der Waals surface area (Å²) < 4.78 is 0. The summed E-state index contributed by atoms with van der Waals surface area (Å²) in [4.78, 5) is 22.4. The van der Waals surface area contributed by atoms with Crippen LogP contribution in [0, 0.1) is 0 Å². The van der Waals surface area contributed by atoms with Crippen molar-refractivity contribution in [1.29, 1.82) is 0 Å². The maximum Gasteiger partial charge on any atom is 0.237 e. The highest BCUT2D eigenvalue weighted by Gasteiger charge is 2.19.